The molecule has 0 amide bonds. The molecule has 8 nitrogen and oxygen atoms in total. The number of para-hydroxylation sites is 2. The van der Waals surface area contributed by atoms with E-state index in [0.29, 0.717) is 67.6 Å². The van der Waals surface area contributed by atoms with Crippen LogP contribution in [0.15, 0.2) is 76.3 Å². The van der Waals surface area contributed by atoms with E-state index >= 15 is 0 Å². The van der Waals surface area contributed by atoms with Crippen LogP contribution in [0.25, 0.3) is 11.4 Å². The highest BCUT2D eigenvalue weighted by Gasteiger charge is 2.32. The van der Waals surface area contributed by atoms with E-state index in [9.17, 15) is 9.59 Å². The molecule has 0 aliphatic carbocycles. The number of hydrogen-bond donors (Lipinski definition) is 2. The summed E-state index contributed by atoms with van der Waals surface area (Å²) >= 11 is 12.9. The number of nitrogens with one attached hydrogen (secondary N) is 2. The second-order valence-electron chi connectivity index (χ2n) is 9.26. The first kappa shape index (κ1) is 27.4. The molecule has 0 saturated carbocycles. The molecule has 2 N–H and O–H groups in total. The van der Waals surface area contributed by atoms with Crippen molar-refractivity contribution in [3.05, 3.63) is 126 Å². The van der Waals surface area contributed by atoms with E-state index in [4.69, 9.17) is 32.7 Å². The van der Waals surface area contributed by atoms with Gasteiger partial charge in [0.2, 0.25) is 0 Å². The number of hydrogen-bond acceptors (Lipinski definition) is 4. The molecule has 2 aromatic heterocycles. The predicted molar refractivity (Wildman–Crippen MR) is 157 cm³/mol. The quantitative estimate of drug-likeness (QED) is 0.231. The lowest BCUT2D eigenvalue weighted by molar-refractivity contribution is 0.310. The van der Waals surface area contributed by atoms with Crippen molar-refractivity contribution in [1.29, 1.82) is 0 Å². The molecule has 206 valence electrons. The molecular formula is C30H28Cl2N4O4. The van der Waals surface area contributed by atoms with Crippen LogP contribution in [0.4, 0.5) is 0 Å². The maximum absolute atomic E-state index is 14.1. The fourth-order valence-electron chi connectivity index (χ4n) is 5.02. The van der Waals surface area contributed by atoms with E-state index in [1.807, 2.05) is 19.1 Å². The standard InChI is InChI=1S/C30H28Cl2N4O4/c1-5-40-25-16-19(14-15-24(25)39-4)28(26-17(2)33-35(29(26)37)22-12-8-6-10-20(22)31)27-18(3)34-36(30(27)38)23-13-9-7-11-21(23)32/h6-16,28,33-34H,5H2,1-4H3. The number of benzene rings is 3. The SMILES string of the molecule is CCOc1cc(C(c2c(C)[nH]n(-c3ccccc3Cl)c2=O)c2c(C)[nH]n(-c3ccccc3Cl)c2=O)ccc1OC. The smallest absolute Gasteiger partial charge is 0.275 e. The van der Waals surface area contributed by atoms with Crippen LogP contribution >= 0.6 is 23.2 Å². The van der Waals surface area contributed by atoms with Gasteiger partial charge in [-0.15, -0.1) is 0 Å². The minimum Gasteiger partial charge on any atom is -0.493 e. The van der Waals surface area contributed by atoms with Crippen LogP contribution in [0.3, 0.4) is 0 Å². The third kappa shape index (κ3) is 4.74. The van der Waals surface area contributed by atoms with Crippen LogP contribution < -0.4 is 20.6 Å². The van der Waals surface area contributed by atoms with Gasteiger partial charge in [-0.1, -0.05) is 53.5 Å². The van der Waals surface area contributed by atoms with Crippen molar-refractivity contribution in [1.82, 2.24) is 19.6 Å². The van der Waals surface area contributed by atoms with E-state index in [2.05, 4.69) is 10.2 Å². The highest BCUT2D eigenvalue weighted by molar-refractivity contribution is 6.32. The van der Waals surface area contributed by atoms with E-state index in [0.717, 1.165) is 0 Å². The van der Waals surface area contributed by atoms with Crippen LogP contribution in [0.2, 0.25) is 10.0 Å². The fourth-order valence-corrected chi connectivity index (χ4v) is 5.46. The van der Waals surface area contributed by atoms with Crippen LogP contribution in [0.1, 0.15) is 40.9 Å². The van der Waals surface area contributed by atoms with Crippen LogP contribution in [-0.4, -0.2) is 33.3 Å². The number of aromatic amines is 2. The molecule has 0 spiro atoms. The molecule has 0 atom stereocenters. The Balaban J connectivity index is 1.81. The van der Waals surface area contributed by atoms with E-state index in [1.54, 1.807) is 75.6 Å². The Morgan fingerprint density at radius 2 is 1.27 bits per heavy atom. The second kappa shape index (κ2) is 11.2. The number of rotatable bonds is 8. The van der Waals surface area contributed by atoms with Crippen molar-refractivity contribution < 1.29 is 9.47 Å². The van der Waals surface area contributed by atoms with Gasteiger partial charge in [0.15, 0.2) is 11.5 Å². The number of halogens is 2. The summed E-state index contributed by atoms with van der Waals surface area (Å²) in [6.07, 6.45) is 0. The molecule has 3 aromatic carbocycles. The molecule has 0 aliphatic rings. The molecule has 0 unspecified atom stereocenters. The molecule has 5 aromatic rings. The van der Waals surface area contributed by atoms with Gasteiger partial charge in [-0.25, -0.2) is 9.36 Å². The third-order valence-corrected chi connectivity index (χ3v) is 7.46. The number of nitrogens with zero attached hydrogens (tertiary/aromatic N) is 2. The van der Waals surface area contributed by atoms with Crippen LogP contribution in [0, 0.1) is 13.8 Å². The number of aryl methyl sites for hydroxylation is 2. The zero-order chi connectivity index (χ0) is 28.6. The number of ether oxygens (including phenoxy) is 2. The molecule has 0 bridgehead atoms. The zero-order valence-corrected chi connectivity index (χ0v) is 23.9. The first-order chi connectivity index (χ1) is 19.3. The summed E-state index contributed by atoms with van der Waals surface area (Å²) in [5.74, 6) is 0.291. The lowest BCUT2D eigenvalue weighted by atomic mass is 9.85. The third-order valence-electron chi connectivity index (χ3n) is 6.82. The first-order valence-electron chi connectivity index (χ1n) is 12.7. The Kier molecular flexibility index (Phi) is 7.65. The fraction of sp³-hybridized carbons (Fsp3) is 0.200. The van der Waals surface area contributed by atoms with Gasteiger partial charge in [-0.2, -0.15) is 0 Å². The lowest BCUT2D eigenvalue weighted by Crippen LogP contribution is -2.25. The minimum atomic E-state index is -0.759. The Morgan fingerprint density at radius 3 is 1.73 bits per heavy atom. The number of aromatic nitrogens is 4. The van der Waals surface area contributed by atoms with Gasteiger partial charge in [-0.05, 0) is 62.7 Å². The Hall–Kier alpha value is -4.14. The van der Waals surface area contributed by atoms with E-state index < -0.39 is 5.92 Å². The molecule has 0 saturated heterocycles. The van der Waals surface area contributed by atoms with Gasteiger partial charge >= 0.3 is 0 Å². The predicted octanol–water partition coefficient (Wildman–Crippen LogP) is 6.16. The van der Waals surface area contributed by atoms with Gasteiger partial charge in [0, 0.05) is 17.3 Å². The normalized spacial score (nSPS) is 11.3. The van der Waals surface area contributed by atoms with Crippen molar-refractivity contribution in [3.63, 3.8) is 0 Å². The molecule has 0 aliphatic heterocycles. The maximum Gasteiger partial charge on any atom is 0.275 e. The molecule has 0 fully saturated rings. The summed E-state index contributed by atoms with van der Waals surface area (Å²) in [5.41, 5.74) is 3.03. The lowest BCUT2D eigenvalue weighted by Gasteiger charge is -2.18. The molecule has 40 heavy (non-hydrogen) atoms. The van der Waals surface area contributed by atoms with Crippen molar-refractivity contribution in [2.24, 2.45) is 0 Å². The molecular weight excluding hydrogens is 551 g/mol. The summed E-state index contributed by atoms with van der Waals surface area (Å²) in [7, 11) is 1.56. The van der Waals surface area contributed by atoms with Gasteiger partial charge in [0.05, 0.1) is 46.3 Å². The topological polar surface area (TPSA) is 94.0 Å². The van der Waals surface area contributed by atoms with Gasteiger partial charge in [0.25, 0.3) is 11.1 Å². The highest BCUT2D eigenvalue weighted by Crippen LogP contribution is 2.37. The summed E-state index contributed by atoms with van der Waals surface area (Å²) in [6, 6.07) is 19.6. The Bertz CT molecular complexity index is 1710. The largest absolute Gasteiger partial charge is 0.493 e. The van der Waals surface area contributed by atoms with Gasteiger partial charge < -0.3 is 9.47 Å². The van der Waals surface area contributed by atoms with Crippen LogP contribution in [0.5, 0.6) is 11.5 Å². The molecule has 2 heterocycles. The van der Waals surface area contributed by atoms with Crippen molar-refractivity contribution in [2.75, 3.05) is 13.7 Å². The van der Waals surface area contributed by atoms with Crippen LogP contribution in [-0.2, 0) is 0 Å². The van der Waals surface area contributed by atoms with E-state index in [1.165, 1.54) is 9.36 Å². The highest BCUT2D eigenvalue weighted by atomic mass is 35.5. The average Bonchev–Trinajstić information content (AvgIpc) is 3.40. The monoisotopic (exact) mass is 578 g/mol. The van der Waals surface area contributed by atoms with Gasteiger partial charge in [-0.3, -0.25) is 19.8 Å². The Labute approximate surface area is 240 Å². The van der Waals surface area contributed by atoms with E-state index in [-0.39, 0.29) is 11.1 Å². The summed E-state index contributed by atoms with van der Waals surface area (Å²) in [5, 5.41) is 7.15. The molecule has 5 rings (SSSR count). The van der Waals surface area contributed by atoms with Crippen molar-refractivity contribution >= 4 is 23.2 Å². The average molecular weight is 579 g/mol. The van der Waals surface area contributed by atoms with Gasteiger partial charge in [0.1, 0.15) is 0 Å². The maximum atomic E-state index is 14.1. The van der Waals surface area contributed by atoms with Crippen molar-refractivity contribution in [3.8, 4) is 22.9 Å². The molecule has 0 radical (unpaired) electrons. The van der Waals surface area contributed by atoms with Crippen molar-refractivity contribution in [2.45, 2.75) is 26.7 Å². The number of H-pyrrole nitrogens is 2. The Morgan fingerprint density at radius 1 is 0.775 bits per heavy atom. The second-order valence-corrected chi connectivity index (χ2v) is 10.1. The number of methoxy groups -OCH3 is 1. The summed E-state index contributed by atoms with van der Waals surface area (Å²) < 4.78 is 14.1. The first-order valence-corrected chi connectivity index (χ1v) is 13.5. The molecule has 10 heteroatoms. The summed E-state index contributed by atoms with van der Waals surface area (Å²) in [6.45, 7) is 5.90. The summed E-state index contributed by atoms with van der Waals surface area (Å²) in [4.78, 5) is 28.2. The zero-order valence-electron chi connectivity index (χ0n) is 22.4. The minimum absolute atomic E-state index is 0.325.